The molecule has 3 heterocycles. The lowest BCUT2D eigenvalue weighted by Crippen LogP contribution is -2.50. The average molecular weight is 333 g/mol. The van der Waals surface area contributed by atoms with E-state index in [-0.39, 0.29) is 6.09 Å². The van der Waals surface area contributed by atoms with Gasteiger partial charge in [-0.15, -0.1) is 0 Å². The van der Waals surface area contributed by atoms with Crippen molar-refractivity contribution >= 4 is 22.8 Å². The van der Waals surface area contributed by atoms with E-state index in [0.29, 0.717) is 42.9 Å². The second-order valence-corrected chi connectivity index (χ2v) is 6.68. The Morgan fingerprint density at radius 2 is 1.88 bits per heavy atom. The van der Waals surface area contributed by atoms with E-state index < -0.39 is 11.5 Å². The Morgan fingerprint density at radius 1 is 1.17 bits per heavy atom. The van der Waals surface area contributed by atoms with Gasteiger partial charge in [-0.25, -0.2) is 19.7 Å². The molecule has 0 atom stereocenters. The number of piperazine rings is 1. The summed E-state index contributed by atoms with van der Waals surface area (Å²) >= 11 is 0. The summed E-state index contributed by atoms with van der Waals surface area (Å²) in [4.78, 5) is 27.8. The van der Waals surface area contributed by atoms with E-state index in [0.717, 1.165) is 0 Å². The largest absolute Gasteiger partial charge is 0.444 e. The molecule has 1 amide bonds. The van der Waals surface area contributed by atoms with Gasteiger partial charge < -0.3 is 14.5 Å². The second-order valence-electron chi connectivity index (χ2n) is 6.68. The van der Waals surface area contributed by atoms with E-state index in [1.807, 2.05) is 25.7 Å². The van der Waals surface area contributed by atoms with Crippen molar-refractivity contribution in [3.63, 3.8) is 0 Å². The van der Waals surface area contributed by atoms with E-state index in [4.69, 9.17) is 4.74 Å². The highest BCUT2D eigenvalue weighted by Gasteiger charge is 2.27. The van der Waals surface area contributed by atoms with Gasteiger partial charge in [-0.3, -0.25) is 0 Å². The molecule has 0 spiro atoms. The number of halogens is 1. The number of hydrogen-bond acceptors (Lipinski definition) is 6. The van der Waals surface area contributed by atoms with Gasteiger partial charge in [0.2, 0.25) is 5.95 Å². The van der Waals surface area contributed by atoms with Gasteiger partial charge in [-0.2, -0.15) is 4.39 Å². The van der Waals surface area contributed by atoms with Gasteiger partial charge in [-0.1, -0.05) is 0 Å². The zero-order chi connectivity index (χ0) is 17.3. The monoisotopic (exact) mass is 333 g/mol. The van der Waals surface area contributed by atoms with Crippen LogP contribution in [0, 0.1) is 5.95 Å². The summed E-state index contributed by atoms with van der Waals surface area (Å²) in [5, 5.41) is 0.621. The van der Waals surface area contributed by atoms with E-state index in [1.165, 1.54) is 18.6 Å². The molecule has 0 unspecified atom stereocenters. The number of nitrogens with zero attached hydrogens (tertiary/aromatic N) is 5. The Kier molecular flexibility index (Phi) is 4.21. The fourth-order valence-electron chi connectivity index (χ4n) is 2.60. The first-order valence-corrected chi connectivity index (χ1v) is 7.82. The van der Waals surface area contributed by atoms with Crippen LogP contribution in [0.25, 0.3) is 10.9 Å². The highest BCUT2D eigenvalue weighted by molar-refractivity contribution is 5.88. The van der Waals surface area contributed by atoms with Crippen LogP contribution in [0.4, 0.5) is 15.0 Å². The van der Waals surface area contributed by atoms with Crippen LogP contribution in [0.15, 0.2) is 18.6 Å². The van der Waals surface area contributed by atoms with Gasteiger partial charge >= 0.3 is 6.09 Å². The molecule has 0 N–H and O–H groups in total. The van der Waals surface area contributed by atoms with Crippen molar-refractivity contribution in [2.45, 2.75) is 26.4 Å². The molecule has 8 heteroatoms. The number of aromatic nitrogens is 3. The van der Waals surface area contributed by atoms with Crippen molar-refractivity contribution in [2.75, 3.05) is 31.1 Å². The molecule has 1 aliphatic rings. The van der Waals surface area contributed by atoms with Crippen LogP contribution in [0.3, 0.4) is 0 Å². The van der Waals surface area contributed by atoms with Crippen molar-refractivity contribution in [3.05, 3.63) is 24.5 Å². The van der Waals surface area contributed by atoms with Crippen LogP contribution in [0.1, 0.15) is 20.8 Å². The van der Waals surface area contributed by atoms with Gasteiger partial charge in [0.15, 0.2) is 0 Å². The molecule has 128 valence electrons. The maximum atomic E-state index is 13.5. The van der Waals surface area contributed by atoms with Crippen LogP contribution in [-0.4, -0.2) is 57.7 Å². The number of rotatable bonds is 1. The lowest BCUT2D eigenvalue weighted by atomic mass is 10.2. The third-order valence-electron chi connectivity index (χ3n) is 3.70. The number of anilines is 1. The van der Waals surface area contributed by atoms with Crippen molar-refractivity contribution in [3.8, 4) is 0 Å². The number of carbonyl (C=O) groups excluding carboxylic acids is 1. The van der Waals surface area contributed by atoms with Crippen molar-refractivity contribution in [1.82, 2.24) is 19.9 Å². The van der Waals surface area contributed by atoms with Crippen molar-refractivity contribution in [1.29, 1.82) is 0 Å². The van der Waals surface area contributed by atoms with Gasteiger partial charge in [0, 0.05) is 37.6 Å². The first-order valence-electron chi connectivity index (χ1n) is 7.82. The molecule has 0 bridgehead atoms. The second kappa shape index (κ2) is 6.18. The SMILES string of the molecule is CC(C)(C)OC(=O)N1CCN(c2ncnc3cnc(F)cc23)CC1. The molecule has 0 aliphatic carbocycles. The molecule has 24 heavy (non-hydrogen) atoms. The molecule has 1 aliphatic heterocycles. The molecule has 7 nitrogen and oxygen atoms in total. The minimum atomic E-state index is -0.564. The third kappa shape index (κ3) is 3.52. The van der Waals surface area contributed by atoms with Crippen LogP contribution < -0.4 is 4.90 Å². The zero-order valence-corrected chi connectivity index (χ0v) is 14.0. The Balaban J connectivity index is 1.73. The smallest absolute Gasteiger partial charge is 0.410 e. The number of amides is 1. The molecular weight excluding hydrogens is 313 g/mol. The predicted molar refractivity (Wildman–Crippen MR) is 87.3 cm³/mol. The summed E-state index contributed by atoms with van der Waals surface area (Å²) in [7, 11) is 0. The Morgan fingerprint density at radius 3 is 2.54 bits per heavy atom. The molecule has 2 aromatic heterocycles. The molecule has 0 saturated carbocycles. The van der Waals surface area contributed by atoms with E-state index >= 15 is 0 Å². The third-order valence-corrected chi connectivity index (χ3v) is 3.70. The molecule has 3 rings (SSSR count). The number of ether oxygens (including phenoxy) is 1. The maximum absolute atomic E-state index is 13.5. The molecule has 2 aromatic rings. The number of fused-ring (bicyclic) bond motifs is 1. The predicted octanol–water partition coefficient (Wildman–Crippen LogP) is 2.22. The molecule has 0 radical (unpaired) electrons. The molecule has 0 aromatic carbocycles. The lowest BCUT2D eigenvalue weighted by Gasteiger charge is -2.36. The van der Waals surface area contributed by atoms with Crippen LogP contribution in [-0.2, 0) is 4.74 Å². The van der Waals surface area contributed by atoms with E-state index in [2.05, 4.69) is 15.0 Å². The minimum Gasteiger partial charge on any atom is -0.444 e. The number of pyridine rings is 1. The normalized spacial score (nSPS) is 15.7. The standard InChI is InChI=1S/C16H20FN5O2/c1-16(2,3)24-15(23)22-6-4-21(5-7-22)14-11-8-13(17)18-9-12(11)19-10-20-14/h8-10H,4-7H2,1-3H3. The molecular formula is C16H20FN5O2. The Bertz CT molecular complexity index is 754. The van der Waals surface area contributed by atoms with Crippen LogP contribution in [0.2, 0.25) is 0 Å². The summed E-state index contributed by atoms with van der Waals surface area (Å²) in [6.45, 7) is 7.76. The summed E-state index contributed by atoms with van der Waals surface area (Å²) in [6, 6.07) is 1.34. The first-order chi connectivity index (χ1) is 11.3. The fourth-order valence-corrected chi connectivity index (χ4v) is 2.60. The average Bonchev–Trinajstić information content (AvgIpc) is 2.53. The van der Waals surface area contributed by atoms with Crippen molar-refractivity contribution in [2.24, 2.45) is 0 Å². The maximum Gasteiger partial charge on any atom is 0.410 e. The summed E-state index contributed by atoms with van der Waals surface area (Å²) in [5.74, 6) is 0.0936. The summed E-state index contributed by atoms with van der Waals surface area (Å²) in [6.07, 6.45) is 2.52. The van der Waals surface area contributed by atoms with Gasteiger partial charge in [0.25, 0.3) is 0 Å². The van der Waals surface area contributed by atoms with Crippen LogP contribution >= 0.6 is 0 Å². The summed E-state index contributed by atoms with van der Waals surface area (Å²) in [5.41, 5.74) is 0.0812. The van der Waals surface area contributed by atoms with E-state index in [1.54, 1.807) is 4.90 Å². The quantitative estimate of drug-likeness (QED) is 0.745. The topological polar surface area (TPSA) is 71.5 Å². The number of hydrogen-bond donors (Lipinski definition) is 0. The molecule has 1 saturated heterocycles. The van der Waals surface area contributed by atoms with Gasteiger partial charge in [0.05, 0.1) is 11.7 Å². The first kappa shape index (κ1) is 16.4. The van der Waals surface area contributed by atoms with Crippen LogP contribution in [0.5, 0.6) is 0 Å². The Labute approximate surface area is 139 Å². The van der Waals surface area contributed by atoms with Gasteiger partial charge in [0.1, 0.15) is 17.7 Å². The highest BCUT2D eigenvalue weighted by Crippen LogP contribution is 2.24. The zero-order valence-electron chi connectivity index (χ0n) is 14.0. The minimum absolute atomic E-state index is 0.315. The van der Waals surface area contributed by atoms with Gasteiger partial charge in [-0.05, 0) is 20.8 Å². The fraction of sp³-hybridized carbons (Fsp3) is 0.500. The van der Waals surface area contributed by atoms with Crippen molar-refractivity contribution < 1.29 is 13.9 Å². The Hall–Kier alpha value is -2.51. The highest BCUT2D eigenvalue weighted by atomic mass is 19.1. The summed E-state index contributed by atoms with van der Waals surface area (Å²) < 4.78 is 18.8. The van der Waals surface area contributed by atoms with E-state index in [9.17, 15) is 9.18 Å². The molecule has 1 fully saturated rings. The lowest BCUT2D eigenvalue weighted by molar-refractivity contribution is 0.0240. The number of carbonyl (C=O) groups is 1.